The predicted molar refractivity (Wildman–Crippen MR) is 55.0 cm³/mol. The van der Waals surface area contributed by atoms with E-state index in [-0.39, 0.29) is 0 Å². The lowest BCUT2D eigenvalue weighted by molar-refractivity contribution is 0.444. The second-order valence-electron chi connectivity index (χ2n) is 3.77. The molecule has 1 fully saturated rings. The highest BCUT2D eigenvalue weighted by Gasteiger charge is 2.17. The number of hydrogen-bond acceptors (Lipinski definition) is 3. The van der Waals surface area contributed by atoms with Gasteiger partial charge in [0.15, 0.2) is 0 Å². The third kappa shape index (κ3) is 1.85. The average molecular weight is 187 g/mol. The molecule has 72 valence electrons. The predicted octanol–water partition coefficient (Wildman–Crippen LogP) is 2.23. The topological polar surface area (TPSA) is 48.7 Å². The molecule has 0 radical (unpaired) electrons. The summed E-state index contributed by atoms with van der Waals surface area (Å²) in [5.41, 5.74) is 1.57. The van der Waals surface area contributed by atoms with Gasteiger partial charge in [0, 0.05) is 11.7 Å². The van der Waals surface area contributed by atoms with Crippen LogP contribution in [0.4, 0.5) is 5.82 Å². The molecule has 1 saturated carbocycles. The van der Waals surface area contributed by atoms with E-state index in [9.17, 15) is 0 Å². The van der Waals surface area contributed by atoms with Gasteiger partial charge in [-0.1, -0.05) is 0 Å². The number of nitriles is 1. The molecule has 3 heteroatoms. The SMILES string of the molecule is Cc1cc(C#N)cc(NC2CCC2)n1. The van der Waals surface area contributed by atoms with Gasteiger partial charge in [-0.2, -0.15) is 5.26 Å². The van der Waals surface area contributed by atoms with E-state index >= 15 is 0 Å². The fraction of sp³-hybridized carbons (Fsp3) is 0.455. The van der Waals surface area contributed by atoms with Gasteiger partial charge in [-0.3, -0.25) is 0 Å². The van der Waals surface area contributed by atoms with Gasteiger partial charge >= 0.3 is 0 Å². The Balaban J connectivity index is 2.16. The van der Waals surface area contributed by atoms with Gasteiger partial charge in [-0.25, -0.2) is 4.98 Å². The number of aryl methyl sites for hydroxylation is 1. The Labute approximate surface area is 83.8 Å². The molecule has 1 N–H and O–H groups in total. The maximum Gasteiger partial charge on any atom is 0.127 e. The van der Waals surface area contributed by atoms with E-state index in [2.05, 4.69) is 16.4 Å². The van der Waals surface area contributed by atoms with Crippen LogP contribution in [0.5, 0.6) is 0 Å². The summed E-state index contributed by atoms with van der Waals surface area (Å²) in [6.45, 7) is 1.91. The Hall–Kier alpha value is -1.56. The van der Waals surface area contributed by atoms with E-state index in [1.807, 2.05) is 13.0 Å². The zero-order chi connectivity index (χ0) is 9.97. The Morgan fingerprint density at radius 2 is 2.29 bits per heavy atom. The van der Waals surface area contributed by atoms with Gasteiger partial charge in [0.2, 0.25) is 0 Å². The smallest absolute Gasteiger partial charge is 0.127 e. The highest BCUT2D eigenvalue weighted by Crippen LogP contribution is 2.22. The van der Waals surface area contributed by atoms with Crippen molar-refractivity contribution in [3.8, 4) is 6.07 Å². The van der Waals surface area contributed by atoms with Crippen molar-refractivity contribution in [3.05, 3.63) is 23.4 Å². The number of nitrogens with one attached hydrogen (secondary N) is 1. The zero-order valence-electron chi connectivity index (χ0n) is 8.25. The molecule has 1 aromatic heterocycles. The molecule has 0 unspecified atom stereocenters. The first-order valence-corrected chi connectivity index (χ1v) is 4.93. The van der Waals surface area contributed by atoms with E-state index in [1.165, 1.54) is 19.3 Å². The van der Waals surface area contributed by atoms with Crippen molar-refractivity contribution >= 4 is 5.82 Å². The number of aromatic nitrogens is 1. The summed E-state index contributed by atoms with van der Waals surface area (Å²) >= 11 is 0. The molecule has 0 saturated heterocycles. The van der Waals surface area contributed by atoms with Crippen LogP contribution in [0.1, 0.15) is 30.5 Å². The maximum absolute atomic E-state index is 8.79. The van der Waals surface area contributed by atoms with Crippen molar-refractivity contribution in [3.63, 3.8) is 0 Å². The van der Waals surface area contributed by atoms with Crippen LogP contribution < -0.4 is 5.32 Å². The summed E-state index contributed by atoms with van der Waals surface area (Å²) in [5.74, 6) is 0.839. The molecular formula is C11H13N3. The van der Waals surface area contributed by atoms with Crippen LogP contribution in [0.25, 0.3) is 0 Å². The molecule has 1 aromatic rings. The molecule has 0 aliphatic heterocycles. The number of rotatable bonds is 2. The van der Waals surface area contributed by atoms with Crippen molar-refractivity contribution < 1.29 is 0 Å². The highest BCUT2D eigenvalue weighted by atomic mass is 15.0. The maximum atomic E-state index is 8.79. The van der Waals surface area contributed by atoms with E-state index < -0.39 is 0 Å². The molecule has 0 aromatic carbocycles. The first kappa shape index (κ1) is 9.01. The zero-order valence-corrected chi connectivity index (χ0v) is 8.25. The van der Waals surface area contributed by atoms with Gasteiger partial charge in [0.1, 0.15) is 5.82 Å². The quantitative estimate of drug-likeness (QED) is 0.772. The normalized spacial score (nSPS) is 15.7. The van der Waals surface area contributed by atoms with Gasteiger partial charge in [0.05, 0.1) is 11.6 Å². The van der Waals surface area contributed by atoms with Crippen molar-refractivity contribution in [1.82, 2.24) is 4.98 Å². The van der Waals surface area contributed by atoms with E-state index in [0.29, 0.717) is 11.6 Å². The molecule has 2 rings (SSSR count). The lowest BCUT2D eigenvalue weighted by atomic mass is 9.93. The Morgan fingerprint density at radius 3 is 2.86 bits per heavy atom. The van der Waals surface area contributed by atoms with Gasteiger partial charge in [-0.05, 0) is 38.3 Å². The van der Waals surface area contributed by atoms with Crippen LogP contribution in [-0.2, 0) is 0 Å². The summed E-state index contributed by atoms with van der Waals surface area (Å²) < 4.78 is 0. The van der Waals surface area contributed by atoms with Crippen LogP contribution in [0, 0.1) is 18.3 Å². The fourth-order valence-electron chi connectivity index (χ4n) is 1.57. The largest absolute Gasteiger partial charge is 0.367 e. The molecular weight excluding hydrogens is 174 g/mol. The first-order chi connectivity index (χ1) is 6.78. The lowest BCUT2D eigenvalue weighted by Gasteiger charge is -2.27. The molecule has 14 heavy (non-hydrogen) atoms. The first-order valence-electron chi connectivity index (χ1n) is 4.93. The van der Waals surface area contributed by atoms with E-state index in [4.69, 9.17) is 5.26 Å². The second-order valence-corrected chi connectivity index (χ2v) is 3.77. The standard InChI is InChI=1S/C11H13N3/c1-8-5-9(7-12)6-11(13-8)14-10-3-2-4-10/h5-6,10H,2-4H2,1H3,(H,13,14). The second kappa shape index (κ2) is 3.67. The third-order valence-corrected chi connectivity index (χ3v) is 2.54. The Morgan fingerprint density at radius 1 is 1.50 bits per heavy atom. The molecule has 3 nitrogen and oxygen atoms in total. The van der Waals surface area contributed by atoms with Crippen molar-refractivity contribution in [2.45, 2.75) is 32.2 Å². The number of anilines is 1. The summed E-state index contributed by atoms with van der Waals surface area (Å²) in [5, 5.41) is 12.1. The fourth-order valence-corrected chi connectivity index (χ4v) is 1.57. The van der Waals surface area contributed by atoms with Crippen molar-refractivity contribution in [2.75, 3.05) is 5.32 Å². The van der Waals surface area contributed by atoms with Gasteiger partial charge < -0.3 is 5.32 Å². The molecule has 0 amide bonds. The minimum atomic E-state index is 0.566. The lowest BCUT2D eigenvalue weighted by Crippen LogP contribution is -2.27. The van der Waals surface area contributed by atoms with E-state index in [1.54, 1.807) is 6.07 Å². The minimum absolute atomic E-state index is 0.566. The van der Waals surface area contributed by atoms with Crippen LogP contribution in [0.15, 0.2) is 12.1 Å². The molecule has 0 spiro atoms. The number of nitrogens with zero attached hydrogens (tertiary/aromatic N) is 2. The van der Waals surface area contributed by atoms with Crippen LogP contribution >= 0.6 is 0 Å². The molecule has 0 bridgehead atoms. The summed E-state index contributed by atoms with van der Waals surface area (Å²) in [6.07, 6.45) is 3.74. The summed E-state index contributed by atoms with van der Waals surface area (Å²) in [7, 11) is 0. The number of pyridine rings is 1. The molecule has 1 aliphatic carbocycles. The average Bonchev–Trinajstić information content (AvgIpc) is 2.10. The Kier molecular flexibility index (Phi) is 2.36. The van der Waals surface area contributed by atoms with Crippen LogP contribution in [-0.4, -0.2) is 11.0 Å². The van der Waals surface area contributed by atoms with Crippen molar-refractivity contribution in [1.29, 1.82) is 5.26 Å². The van der Waals surface area contributed by atoms with Crippen LogP contribution in [0.3, 0.4) is 0 Å². The van der Waals surface area contributed by atoms with Crippen molar-refractivity contribution in [2.24, 2.45) is 0 Å². The van der Waals surface area contributed by atoms with Crippen LogP contribution in [0.2, 0.25) is 0 Å². The summed E-state index contributed by atoms with van der Waals surface area (Å²) in [4.78, 5) is 4.34. The van der Waals surface area contributed by atoms with Gasteiger partial charge in [0.25, 0.3) is 0 Å². The summed E-state index contributed by atoms with van der Waals surface area (Å²) in [6, 6.07) is 6.31. The van der Waals surface area contributed by atoms with E-state index in [0.717, 1.165) is 11.5 Å². The molecule has 1 heterocycles. The third-order valence-electron chi connectivity index (χ3n) is 2.54. The highest BCUT2D eigenvalue weighted by molar-refractivity contribution is 5.45. The molecule has 0 atom stereocenters. The monoisotopic (exact) mass is 187 g/mol. The molecule has 1 aliphatic rings. The van der Waals surface area contributed by atoms with Gasteiger partial charge in [-0.15, -0.1) is 0 Å². The minimum Gasteiger partial charge on any atom is -0.367 e. The Bertz CT molecular complexity index is 375. The number of hydrogen-bond donors (Lipinski definition) is 1.